The van der Waals surface area contributed by atoms with Gasteiger partial charge in [-0.2, -0.15) is 0 Å². The molecular formula is C22H16Cl2N2O3. The van der Waals surface area contributed by atoms with E-state index in [-0.39, 0.29) is 16.0 Å². The topological polar surface area (TPSA) is 64.4 Å². The van der Waals surface area contributed by atoms with Crippen molar-refractivity contribution in [2.75, 3.05) is 12.4 Å². The van der Waals surface area contributed by atoms with Gasteiger partial charge in [0.25, 0.3) is 5.91 Å². The number of benzene rings is 3. The maximum absolute atomic E-state index is 12.8. The van der Waals surface area contributed by atoms with E-state index < -0.39 is 0 Å². The van der Waals surface area contributed by atoms with Crippen LogP contribution in [-0.4, -0.2) is 18.0 Å². The molecule has 0 aliphatic rings. The van der Waals surface area contributed by atoms with E-state index in [4.69, 9.17) is 32.4 Å². The molecule has 4 aromatic rings. The van der Waals surface area contributed by atoms with Crippen LogP contribution in [0.4, 0.5) is 5.69 Å². The van der Waals surface area contributed by atoms with Crippen LogP contribution >= 0.6 is 23.2 Å². The molecule has 0 saturated carbocycles. The van der Waals surface area contributed by atoms with Crippen molar-refractivity contribution in [1.29, 1.82) is 0 Å². The largest absolute Gasteiger partial charge is 0.494 e. The zero-order valence-electron chi connectivity index (χ0n) is 15.6. The SMILES string of the molecule is COc1c(Cl)cc(C(=O)Nc2cc(-c3nc4ccccc4o3)ccc2C)cc1Cl. The summed E-state index contributed by atoms with van der Waals surface area (Å²) in [5, 5.41) is 3.43. The summed E-state index contributed by atoms with van der Waals surface area (Å²) in [5.74, 6) is 0.477. The Morgan fingerprint density at radius 1 is 1.07 bits per heavy atom. The third kappa shape index (κ3) is 3.79. The minimum atomic E-state index is -0.339. The first kappa shape index (κ1) is 19.3. The molecular weight excluding hydrogens is 411 g/mol. The molecule has 1 amide bonds. The lowest BCUT2D eigenvalue weighted by molar-refractivity contribution is 0.102. The number of nitrogens with one attached hydrogen (secondary N) is 1. The first-order chi connectivity index (χ1) is 14.0. The summed E-state index contributed by atoms with van der Waals surface area (Å²) in [6.07, 6.45) is 0. The van der Waals surface area contributed by atoms with Crippen LogP contribution in [0.25, 0.3) is 22.6 Å². The fourth-order valence-electron chi connectivity index (χ4n) is 2.97. The fraction of sp³-hybridized carbons (Fsp3) is 0.0909. The Kier molecular flexibility index (Phi) is 5.18. The third-order valence-electron chi connectivity index (χ3n) is 4.49. The number of rotatable bonds is 4. The molecule has 0 bridgehead atoms. The van der Waals surface area contributed by atoms with Crippen molar-refractivity contribution in [3.63, 3.8) is 0 Å². The summed E-state index contributed by atoms with van der Waals surface area (Å²) in [7, 11) is 1.47. The number of para-hydroxylation sites is 2. The lowest BCUT2D eigenvalue weighted by atomic mass is 10.1. The number of hydrogen-bond acceptors (Lipinski definition) is 4. The third-order valence-corrected chi connectivity index (χ3v) is 5.05. The summed E-state index contributed by atoms with van der Waals surface area (Å²) in [5.41, 5.74) is 4.09. The number of hydrogen-bond donors (Lipinski definition) is 1. The minimum absolute atomic E-state index is 0.266. The molecule has 146 valence electrons. The number of halogens is 2. The van der Waals surface area contributed by atoms with E-state index in [9.17, 15) is 4.79 Å². The molecule has 0 saturated heterocycles. The summed E-state index contributed by atoms with van der Waals surface area (Å²) < 4.78 is 10.9. The van der Waals surface area contributed by atoms with Gasteiger partial charge < -0.3 is 14.5 Å². The fourth-order valence-corrected chi connectivity index (χ4v) is 3.61. The number of methoxy groups -OCH3 is 1. The number of nitrogens with zero attached hydrogens (tertiary/aromatic N) is 1. The van der Waals surface area contributed by atoms with Crippen molar-refractivity contribution in [3.8, 4) is 17.2 Å². The van der Waals surface area contributed by atoms with Crippen LogP contribution in [0.15, 0.2) is 59.0 Å². The standard InChI is InChI=1S/C22H16Cl2N2O3/c1-12-7-8-13(22-26-17-5-3-4-6-19(17)29-22)11-18(12)25-21(27)14-9-15(23)20(28-2)16(24)10-14/h3-11H,1-2H3,(H,25,27). The number of anilines is 1. The van der Waals surface area contributed by atoms with Gasteiger partial charge in [-0.25, -0.2) is 4.98 Å². The van der Waals surface area contributed by atoms with Crippen molar-refractivity contribution in [1.82, 2.24) is 4.98 Å². The van der Waals surface area contributed by atoms with Gasteiger partial charge in [-0.05, 0) is 48.9 Å². The molecule has 3 aromatic carbocycles. The second-order valence-corrected chi connectivity index (χ2v) is 7.26. The van der Waals surface area contributed by atoms with Gasteiger partial charge in [0.1, 0.15) is 5.52 Å². The zero-order valence-corrected chi connectivity index (χ0v) is 17.1. The van der Waals surface area contributed by atoms with Crippen LogP contribution in [0.5, 0.6) is 5.75 Å². The van der Waals surface area contributed by atoms with Crippen molar-refractivity contribution in [3.05, 3.63) is 75.8 Å². The number of carbonyl (C=O) groups is 1. The summed E-state index contributed by atoms with van der Waals surface area (Å²) in [4.78, 5) is 17.3. The summed E-state index contributed by atoms with van der Waals surface area (Å²) in [6, 6.07) is 16.2. The van der Waals surface area contributed by atoms with E-state index in [2.05, 4.69) is 10.3 Å². The highest BCUT2D eigenvalue weighted by atomic mass is 35.5. The maximum Gasteiger partial charge on any atom is 0.255 e. The lowest BCUT2D eigenvalue weighted by Gasteiger charge is -2.12. The van der Waals surface area contributed by atoms with E-state index in [1.165, 1.54) is 19.2 Å². The molecule has 0 aliphatic carbocycles. The van der Waals surface area contributed by atoms with Gasteiger partial charge in [-0.1, -0.05) is 41.4 Å². The molecule has 0 atom stereocenters. The van der Waals surface area contributed by atoms with Gasteiger partial charge in [0.15, 0.2) is 11.3 Å². The van der Waals surface area contributed by atoms with Gasteiger partial charge in [-0.15, -0.1) is 0 Å². The van der Waals surface area contributed by atoms with Gasteiger partial charge in [-0.3, -0.25) is 4.79 Å². The molecule has 0 fully saturated rings. The Morgan fingerprint density at radius 3 is 2.48 bits per heavy atom. The highest BCUT2D eigenvalue weighted by molar-refractivity contribution is 6.37. The smallest absolute Gasteiger partial charge is 0.255 e. The Morgan fingerprint density at radius 2 is 1.79 bits per heavy atom. The minimum Gasteiger partial charge on any atom is -0.494 e. The second-order valence-electron chi connectivity index (χ2n) is 6.44. The Labute approximate surface area is 177 Å². The van der Waals surface area contributed by atoms with Crippen molar-refractivity contribution >= 4 is 45.9 Å². The van der Waals surface area contributed by atoms with E-state index in [0.717, 1.165) is 16.6 Å². The highest BCUT2D eigenvalue weighted by Gasteiger charge is 2.16. The molecule has 1 aromatic heterocycles. The van der Waals surface area contributed by atoms with Crippen LogP contribution in [-0.2, 0) is 0 Å². The molecule has 0 unspecified atom stereocenters. The molecule has 4 rings (SSSR count). The maximum atomic E-state index is 12.8. The van der Waals surface area contributed by atoms with Crippen LogP contribution in [0, 0.1) is 6.92 Å². The van der Waals surface area contributed by atoms with Crippen LogP contribution in [0.3, 0.4) is 0 Å². The molecule has 0 spiro atoms. The van der Waals surface area contributed by atoms with E-state index >= 15 is 0 Å². The van der Waals surface area contributed by atoms with Gasteiger partial charge in [0.2, 0.25) is 5.89 Å². The van der Waals surface area contributed by atoms with E-state index in [1.54, 1.807) is 0 Å². The molecule has 0 radical (unpaired) electrons. The quantitative estimate of drug-likeness (QED) is 0.411. The highest BCUT2D eigenvalue weighted by Crippen LogP contribution is 2.34. The molecule has 5 nitrogen and oxygen atoms in total. The van der Waals surface area contributed by atoms with Gasteiger partial charge in [0, 0.05) is 16.8 Å². The summed E-state index contributed by atoms with van der Waals surface area (Å²) in [6.45, 7) is 1.90. The number of ether oxygens (including phenoxy) is 1. The first-order valence-corrected chi connectivity index (χ1v) is 9.53. The second kappa shape index (κ2) is 7.78. The van der Waals surface area contributed by atoms with Crippen LogP contribution in [0.2, 0.25) is 10.0 Å². The predicted octanol–water partition coefficient (Wildman–Crippen LogP) is 6.37. The van der Waals surface area contributed by atoms with Crippen molar-refractivity contribution < 1.29 is 13.9 Å². The van der Waals surface area contributed by atoms with Crippen molar-refractivity contribution in [2.24, 2.45) is 0 Å². The normalized spacial score (nSPS) is 10.9. The Balaban J connectivity index is 1.65. The van der Waals surface area contributed by atoms with E-state index in [1.807, 2.05) is 49.4 Å². The number of oxazole rings is 1. The number of carbonyl (C=O) groups excluding carboxylic acids is 1. The first-order valence-electron chi connectivity index (χ1n) is 8.77. The summed E-state index contributed by atoms with van der Waals surface area (Å²) >= 11 is 12.3. The molecule has 7 heteroatoms. The number of aromatic nitrogens is 1. The molecule has 1 heterocycles. The number of fused-ring (bicyclic) bond motifs is 1. The molecule has 29 heavy (non-hydrogen) atoms. The van der Waals surface area contributed by atoms with E-state index in [0.29, 0.717) is 28.5 Å². The molecule has 0 aliphatic heterocycles. The molecule has 1 N–H and O–H groups in total. The zero-order chi connectivity index (χ0) is 20.5. The average molecular weight is 427 g/mol. The monoisotopic (exact) mass is 426 g/mol. The van der Waals surface area contributed by atoms with Gasteiger partial charge >= 0.3 is 0 Å². The Hall–Kier alpha value is -3.02. The van der Waals surface area contributed by atoms with Crippen LogP contribution < -0.4 is 10.1 Å². The number of aryl methyl sites for hydroxylation is 1. The lowest BCUT2D eigenvalue weighted by Crippen LogP contribution is -2.13. The number of amides is 1. The van der Waals surface area contributed by atoms with Crippen molar-refractivity contribution in [2.45, 2.75) is 6.92 Å². The Bertz CT molecular complexity index is 1180. The average Bonchev–Trinajstić information content (AvgIpc) is 3.13. The van der Waals surface area contributed by atoms with Gasteiger partial charge in [0.05, 0.1) is 17.2 Å². The predicted molar refractivity (Wildman–Crippen MR) is 115 cm³/mol. The van der Waals surface area contributed by atoms with Crippen LogP contribution in [0.1, 0.15) is 15.9 Å².